The monoisotopic (exact) mass is 316 g/mol. The molecule has 0 aromatic carbocycles. The van der Waals surface area contributed by atoms with Crippen LogP contribution in [0.5, 0.6) is 0 Å². The lowest BCUT2D eigenvalue weighted by Gasteiger charge is -2.15. The molecule has 3 rings (SSSR count). The molecule has 1 amide bonds. The highest BCUT2D eigenvalue weighted by molar-refractivity contribution is 7.13. The second-order valence-corrected chi connectivity index (χ2v) is 6.41. The lowest BCUT2D eigenvalue weighted by Crippen LogP contribution is -2.27. The van der Waals surface area contributed by atoms with Crippen LogP contribution in [0, 0.1) is 6.92 Å². The van der Waals surface area contributed by atoms with Crippen molar-refractivity contribution >= 4 is 23.1 Å². The minimum absolute atomic E-state index is 0.290. The number of hydrogen-bond donors (Lipinski definition) is 1. The molecule has 1 aliphatic rings. The van der Waals surface area contributed by atoms with E-state index in [2.05, 4.69) is 15.3 Å². The number of carbonyl (C=O) groups is 1. The molecule has 0 spiro atoms. The summed E-state index contributed by atoms with van der Waals surface area (Å²) in [4.78, 5) is 23.6. The molecule has 2 aromatic heterocycles. The smallest absolute Gasteiger partial charge is 0.222 e. The Bertz CT molecular complexity index is 642. The molecule has 22 heavy (non-hydrogen) atoms. The fourth-order valence-corrected chi connectivity index (χ4v) is 3.26. The van der Waals surface area contributed by atoms with Gasteiger partial charge in [0.25, 0.3) is 0 Å². The van der Waals surface area contributed by atoms with Gasteiger partial charge in [-0.3, -0.25) is 4.79 Å². The number of anilines is 1. The number of thiophene rings is 1. The molecule has 1 aliphatic heterocycles. The van der Waals surface area contributed by atoms with E-state index in [-0.39, 0.29) is 5.91 Å². The lowest BCUT2D eigenvalue weighted by molar-refractivity contribution is -0.127. The summed E-state index contributed by atoms with van der Waals surface area (Å²) in [5.74, 6) is 1.91. The molecule has 1 fully saturated rings. The van der Waals surface area contributed by atoms with Gasteiger partial charge in [0.05, 0.1) is 4.88 Å². The molecular weight excluding hydrogens is 296 g/mol. The number of rotatable bonds is 6. The first-order valence-corrected chi connectivity index (χ1v) is 8.51. The summed E-state index contributed by atoms with van der Waals surface area (Å²) < 4.78 is 0. The van der Waals surface area contributed by atoms with Gasteiger partial charge in [0.15, 0.2) is 5.82 Å². The van der Waals surface area contributed by atoms with Crippen LogP contribution in [-0.2, 0) is 4.79 Å². The van der Waals surface area contributed by atoms with Gasteiger partial charge in [-0.05, 0) is 31.2 Å². The molecule has 0 aliphatic carbocycles. The van der Waals surface area contributed by atoms with Crippen molar-refractivity contribution in [2.75, 3.05) is 25.0 Å². The van der Waals surface area contributed by atoms with Crippen molar-refractivity contribution in [3.63, 3.8) is 0 Å². The van der Waals surface area contributed by atoms with Gasteiger partial charge in [-0.15, -0.1) is 11.3 Å². The summed E-state index contributed by atoms with van der Waals surface area (Å²) in [6, 6.07) is 5.99. The van der Waals surface area contributed by atoms with E-state index in [1.807, 2.05) is 35.4 Å². The van der Waals surface area contributed by atoms with Crippen LogP contribution in [0.25, 0.3) is 10.7 Å². The van der Waals surface area contributed by atoms with Crippen LogP contribution in [0.2, 0.25) is 0 Å². The number of carbonyl (C=O) groups excluding carboxylic acids is 1. The maximum absolute atomic E-state index is 11.5. The van der Waals surface area contributed by atoms with E-state index in [9.17, 15) is 4.79 Å². The molecule has 0 saturated carbocycles. The Kier molecular flexibility index (Phi) is 4.68. The average molecular weight is 316 g/mol. The number of aromatic nitrogens is 2. The molecule has 3 heterocycles. The molecule has 0 unspecified atom stereocenters. The van der Waals surface area contributed by atoms with Gasteiger partial charge in [0.1, 0.15) is 5.82 Å². The van der Waals surface area contributed by atoms with Gasteiger partial charge in [0, 0.05) is 37.8 Å². The minimum atomic E-state index is 0.290. The molecule has 6 heteroatoms. The van der Waals surface area contributed by atoms with Crippen molar-refractivity contribution in [3.05, 3.63) is 29.3 Å². The Morgan fingerprint density at radius 3 is 3.05 bits per heavy atom. The number of aryl methyl sites for hydroxylation is 1. The third-order valence-electron chi connectivity index (χ3n) is 3.68. The molecule has 0 bridgehead atoms. The van der Waals surface area contributed by atoms with E-state index in [1.54, 1.807) is 11.3 Å². The van der Waals surface area contributed by atoms with Gasteiger partial charge in [0.2, 0.25) is 5.91 Å². The quantitative estimate of drug-likeness (QED) is 0.833. The molecule has 116 valence electrons. The van der Waals surface area contributed by atoms with Gasteiger partial charge in [-0.1, -0.05) is 6.07 Å². The normalized spacial score (nSPS) is 14.6. The zero-order valence-corrected chi connectivity index (χ0v) is 13.5. The second kappa shape index (κ2) is 6.87. The predicted molar refractivity (Wildman–Crippen MR) is 89.0 cm³/mol. The predicted octanol–water partition coefficient (Wildman–Crippen LogP) is 2.94. The number of hydrogen-bond acceptors (Lipinski definition) is 5. The standard InChI is InChI=1S/C16H20N4OS/c1-12-11-14(19-16(18-12)13-5-3-10-22-13)17-7-4-9-20-8-2-6-15(20)21/h3,5,10-11H,2,4,6-9H2,1H3,(H,17,18,19). The van der Waals surface area contributed by atoms with Gasteiger partial charge >= 0.3 is 0 Å². The largest absolute Gasteiger partial charge is 0.370 e. The van der Waals surface area contributed by atoms with Gasteiger partial charge < -0.3 is 10.2 Å². The first kappa shape index (κ1) is 15.0. The third-order valence-corrected chi connectivity index (χ3v) is 4.54. The maximum atomic E-state index is 11.5. The fraction of sp³-hybridized carbons (Fsp3) is 0.438. The van der Waals surface area contributed by atoms with Gasteiger partial charge in [-0.2, -0.15) is 0 Å². The first-order valence-electron chi connectivity index (χ1n) is 7.63. The Morgan fingerprint density at radius 2 is 2.32 bits per heavy atom. The summed E-state index contributed by atoms with van der Waals surface area (Å²) in [6.45, 7) is 4.53. The van der Waals surface area contributed by atoms with E-state index in [0.717, 1.165) is 54.7 Å². The van der Waals surface area contributed by atoms with Crippen LogP contribution in [-0.4, -0.2) is 40.4 Å². The Morgan fingerprint density at radius 1 is 1.41 bits per heavy atom. The second-order valence-electron chi connectivity index (χ2n) is 5.46. The topological polar surface area (TPSA) is 58.1 Å². The van der Waals surface area contributed by atoms with Crippen LogP contribution in [0.15, 0.2) is 23.6 Å². The zero-order valence-electron chi connectivity index (χ0n) is 12.7. The van der Waals surface area contributed by atoms with Crippen LogP contribution in [0.1, 0.15) is 25.0 Å². The SMILES string of the molecule is Cc1cc(NCCCN2CCCC2=O)nc(-c2cccs2)n1. The van der Waals surface area contributed by atoms with Crippen molar-refractivity contribution in [1.29, 1.82) is 0 Å². The number of nitrogens with zero attached hydrogens (tertiary/aromatic N) is 3. The highest BCUT2D eigenvalue weighted by Crippen LogP contribution is 2.22. The first-order chi connectivity index (χ1) is 10.7. The summed E-state index contributed by atoms with van der Waals surface area (Å²) in [5, 5.41) is 5.37. The van der Waals surface area contributed by atoms with Crippen molar-refractivity contribution in [3.8, 4) is 10.7 Å². The Hall–Kier alpha value is -1.95. The van der Waals surface area contributed by atoms with E-state index in [1.165, 1.54) is 0 Å². The summed E-state index contributed by atoms with van der Waals surface area (Å²) in [5.41, 5.74) is 0.954. The fourth-order valence-electron chi connectivity index (χ4n) is 2.60. The maximum Gasteiger partial charge on any atom is 0.222 e. The molecule has 1 N–H and O–H groups in total. The summed E-state index contributed by atoms with van der Waals surface area (Å²) in [6.07, 6.45) is 2.65. The highest BCUT2D eigenvalue weighted by Gasteiger charge is 2.18. The molecule has 0 atom stereocenters. The number of nitrogens with one attached hydrogen (secondary N) is 1. The number of likely N-dealkylation sites (tertiary alicyclic amines) is 1. The zero-order chi connectivity index (χ0) is 15.4. The van der Waals surface area contributed by atoms with Crippen LogP contribution >= 0.6 is 11.3 Å². The lowest BCUT2D eigenvalue weighted by atomic mass is 10.3. The van der Waals surface area contributed by atoms with Crippen molar-refractivity contribution in [1.82, 2.24) is 14.9 Å². The average Bonchev–Trinajstić information content (AvgIpc) is 3.15. The van der Waals surface area contributed by atoms with Crippen molar-refractivity contribution in [2.45, 2.75) is 26.2 Å². The molecular formula is C16H20N4OS. The molecule has 2 aromatic rings. The summed E-state index contributed by atoms with van der Waals surface area (Å²) >= 11 is 1.64. The molecule has 1 saturated heterocycles. The van der Waals surface area contributed by atoms with Crippen LogP contribution in [0.3, 0.4) is 0 Å². The molecule has 5 nitrogen and oxygen atoms in total. The van der Waals surface area contributed by atoms with E-state index in [4.69, 9.17) is 0 Å². The Balaban J connectivity index is 1.55. The molecule has 0 radical (unpaired) electrons. The van der Waals surface area contributed by atoms with E-state index in [0.29, 0.717) is 6.42 Å². The van der Waals surface area contributed by atoms with Crippen molar-refractivity contribution < 1.29 is 4.79 Å². The summed E-state index contributed by atoms with van der Waals surface area (Å²) in [7, 11) is 0. The Labute approximate surface area is 134 Å². The number of amides is 1. The van der Waals surface area contributed by atoms with E-state index < -0.39 is 0 Å². The van der Waals surface area contributed by atoms with Crippen molar-refractivity contribution in [2.24, 2.45) is 0 Å². The van der Waals surface area contributed by atoms with Crippen LogP contribution in [0.4, 0.5) is 5.82 Å². The highest BCUT2D eigenvalue weighted by atomic mass is 32.1. The minimum Gasteiger partial charge on any atom is -0.370 e. The third kappa shape index (κ3) is 3.62. The van der Waals surface area contributed by atoms with Gasteiger partial charge in [-0.25, -0.2) is 9.97 Å². The van der Waals surface area contributed by atoms with Crippen LogP contribution < -0.4 is 5.32 Å². The van der Waals surface area contributed by atoms with E-state index >= 15 is 0 Å².